The summed E-state index contributed by atoms with van der Waals surface area (Å²) in [7, 11) is 0. The van der Waals surface area contributed by atoms with E-state index in [0.29, 0.717) is 0 Å². The smallest absolute Gasteiger partial charge is 0.317 e. The molecule has 0 aromatic carbocycles. The van der Waals surface area contributed by atoms with Crippen molar-refractivity contribution in [3.05, 3.63) is 0 Å². The Morgan fingerprint density at radius 1 is 0.737 bits per heavy atom. The first-order valence-electron chi connectivity index (χ1n) is 6.43. The normalized spacial score (nSPS) is 17.7. The highest BCUT2D eigenvalue weighted by Gasteiger charge is 2.31. The van der Waals surface area contributed by atoms with Gasteiger partial charge in [-0.15, -0.1) is 0 Å². The molecular weight excluding hydrogens is 252 g/mol. The van der Waals surface area contributed by atoms with Crippen LogP contribution in [0.15, 0.2) is 0 Å². The Morgan fingerprint density at radius 3 is 1.42 bits per heavy atom. The number of esters is 2. The van der Waals surface area contributed by atoms with Crippen molar-refractivity contribution in [1.82, 2.24) is 0 Å². The molecule has 0 unspecified atom stereocenters. The minimum atomic E-state index is -0.794. The number of hydrogen-bond acceptors (Lipinski definition) is 6. The Kier molecular flexibility index (Phi) is 4.29. The summed E-state index contributed by atoms with van der Waals surface area (Å²) in [6.45, 7) is -0.560. The van der Waals surface area contributed by atoms with Crippen LogP contribution in [0.1, 0.15) is 32.1 Å². The average Bonchev–Trinajstić information content (AvgIpc) is 3.23. The molecule has 0 N–H and O–H groups in total. The SMILES string of the molecule is O=C(CC(=O)OCC(=O)C1CC1)OCC(=O)C1CC1. The van der Waals surface area contributed by atoms with Gasteiger partial charge in [0.25, 0.3) is 0 Å². The van der Waals surface area contributed by atoms with Crippen molar-refractivity contribution in [3.63, 3.8) is 0 Å². The number of hydrogen-bond donors (Lipinski definition) is 0. The molecule has 0 spiro atoms. The van der Waals surface area contributed by atoms with Crippen LogP contribution in [0.2, 0.25) is 0 Å². The number of carbonyl (C=O) groups excluding carboxylic acids is 4. The molecule has 6 nitrogen and oxygen atoms in total. The molecule has 0 saturated heterocycles. The number of ketones is 2. The molecule has 104 valence electrons. The maximum absolute atomic E-state index is 11.3. The minimum absolute atomic E-state index is 0.0240. The summed E-state index contributed by atoms with van der Waals surface area (Å²) >= 11 is 0. The first-order valence-corrected chi connectivity index (χ1v) is 6.43. The second-order valence-electron chi connectivity index (χ2n) is 4.98. The Balaban J connectivity index is 1.56. The van der Waals surface area contributed by atoms with Crippen LogP contribution in [-0.2, 0) is 28.7 Å². The molecular formula is C13H16O6. The molecule has 0 aliphatic heterocycles. The summed E-state index contributed by atoms with van der Waals surface area (Å²) in [6, 6.07) is 0. The second kappa shape index (κ2) is 5.95. The van der Waals surface area contributed by atoms with E-state index in [2.05, 4.69) is 9.47 Å². The van der Waals surface area contributed by atoms with Crippen LogP contribution >= 0.6 is 0 Å². The van der Waals surface area contributed by atoms with Gasteiger partial charge < -0.3 is 9.47 Å². The molecule has 0 amide bonds. The summed E-state index contributed by atoms with van der Waals surface area (Å²) in [5.74, 6) is -1.75. The first-order chi connectivity index (χ1) is 9.06. The van der Waals surface area contributed by atoms with Gasteiger partial charge >= 0.3 is 11.9 Å². The lowest BCUT2D eigenvalue weighted by Gasteiger charge is -2.04. The minimum Gasteiger partial charge on any atom is -0.457 e. The van der Waals surface area contributed by atoms with Crippen molar-refractivity contribution in [2.75, 3.05) is 13.2 Å². The average molecular weight is 268 g/mol. The maximum Gasteiger partial charge on any atom is 0.317 e. The summed E-state index contributed by atoms with van der Waals surface area (Å²) in [4.78, 5) is 45.0. The van der Waals surface area contributed by atoms with Gasteiger partial charge in [0, 0.05) is 11.8 Å². The van der Waals surface area contributed by atoms with Gasteiger partial charge in [-0.05, 0) is 25.7 Å². The first kappa shape index (κ1) is 13.7. The van der Waals surface area contributed by atoms with Crippen LogP contribution in [0.4, 0.5) is 0 Å². The monoisotopic (exact) mass is 268 g/mol. The van der Waals surface area contributed by atoms with Gasteiger partial charge in [-0.2, -0.15) is 0 Å². The Morgan fingerprint density at radius 2 is 1.11 bits per heavy atom. The van der Waals surface area contributed by atoms with Crippen molar-refractivity contribution >= 4 is 23.5 Å². The topological polar surface area (TPSA) is 86.7 Å². The van der Waals surface area contributed by atoms with E-state index in [1.54, 1.807) is 0 Å². The van der Waals surface area contributed by atoms with Crippen LogP contribution in [0.25, 0.3) is 0 Å². The summed E-state index contributed by atoms with van der Waals surface area (Å²) in [6.07, 6.45) is 2.84. The predicted molar refractivity (Wildman–Crippen MR) is 62.0 cm³/mol. The fraction of sp³-hybridized carbons (Fsp3) is 0.692. The van der Waals surface area contributed by atoms with Crippen LogP contribution in [0.5, 0.6) is 0 Å². The fourth-order valence-corrected chi connectivity index (χ4v) is 1.57. The molecule has 2 aliphatic carbocycles. The van der Waals surface area contributed by atoms with Gasteiger partial charge in [0.1, 0.15) is 19.6 Å². The van der Waals surface area contributed by atoms with Crippen molar-refractivity contribution in [2.45, 2.75) is 32.1 Å². The van der Waals surface area contributed by atoms with E-state index in [0.717, 1.165) is 25.7 Å². The van der Waals surface area contributed by atoms with Crippen molar-refractivity contribution in [3.8, 4) is 0 Å². The molecule has 2 saturated carbocycles. The third kappa shape index (κ3) is 4.81. The largest absolute Gasteiger partial charge is 0.457 e. The molecule has 6 heteroatoms. The highest BCUT2D eigenvalue weighted by atomic mass is 16.6. The van der Waals surface area contributed by atoms with E-state index in [1.165, 1.54) is 0 Å². The van der Waals surface area contributed by atoms with Crippen LogP contribution < -0.4 is 0 Å². The molecule has 0 aromatic rings. The van der Waals surface area contributed by atoms with Gasteiger partial charge in [-0.3, -0.25) is 19.2 Å². The molecule has 19 heavy (non-hydrogen) atoms. The van der Waals surface area contributed by atoms with Gasteiger partial charge in [-0.25, -0.2) is 0 Å². The van der Waals surface area contributed by atoms with Crippen molar-refractivity contribution in [1.29, 1.82) is 0 Å². The van der Waals surface area contributed by atoms with Crippen LogP contribution in [0, 0.1) is 11.8 Å². The molecule has 2 rings (SSSR count). The number of ether oxygens (including phenoxy) is 2. The fourth-order valence-electron chi connectivity index (χ4n) is 1.57. The summed E-state index contributed by atoms with van der Waals surface area (Å²) in [5.41, 5.74) is 0. The third-order valence-electron chi connectivity index (χ3n) is 3.10. The van der Waals surface area contributed by atoms with E-state index >= 15 is 0 Å². The Bertz CT molecular complexity index is 367. The number of rotatable bonds is 8. The molecule has 0 heterocycles. The van der Waals surface area contributed by atoms with E-state index < -0.39 is 18.4 Å². The van der Waals surface area contributed by atoms with E-state index in [9.17, 15) is 19.2 Å². The quantitative estimate of drug-likeness (QED) is 0.468. The van der Waals surface area contributed by atoms with Gasteiger partial charge in [0.2, 0.25) is 0 Å². The molecule has 2 fully saturated rings. The lowest BCUT2D eigenvalue weighted by Crippen LogP contribution is -2.21. The zero-order valence-electron chi connectivity index (χ0n) is 10.6. The Labute approximate surface area is 110 Å². The Hall–Kier alpha value is -1.72. The van der Waals surface area contributed by atoms with Crippen LogP contribution in [0.3, 0.4) is 0 Å². The second-order valence-corrected chi connectivity index (χ2v) is 4.98. The molecule has 0 aromatic heterocycles. The van der Waals surface area contributed by atoms with Gasteiger partial charge in [0.15, 0.2) is 11.6 Å². The zero-order chi connectivity index (χ0) is 13.8. The molecule has 0 atom stereocenters. The molecule has 2 aliphatic rings. The molecule has 0 radical (unpaired) electrons. The summed E-state index contributed by atoms with van der Waals surface area (Å²) < 4.78 is 9.34. The highest BCUT2D eigenvalue weighted by molar-refractivity contribution is 5.94. The number of carbonyl (C=O) groups is 4. The van der Waals surface area contributed by atoms with Gasteiger partial charge in [-0.1, -0.05) is 0 Å². The lowest BCUT2D eigenvalue weighted by molar-refractivity contribution is -0.158. The predicted octanol–water partition coefficient (Wildman–Crippen LogP) is 0.421. The van der Waals surface area contributed by atoms with E-state index in [4.69, 9.17) is 0 Å². The number of Topliss-reactive ketones (excluding diaryl/α,β-unsaturated/α-hetero) is 2. The standard InChI is InChI=1S/C13H16O6/c14-10(8-1-2-8)6-18-12(16)5-13(17)19-7-11(15)9-3-4-9/h8-9H,1-7H2. The lowest BCUT2D eigenvalue weighted by atomic mass is 10.3. The van der Waals surface area contributed by atoms with E-state index in [-0.39, 0.29) is 36.6 Å². The van der Waals surface area contributed by atoms with Gasteiger partial charge in [0.05, 0.1) is 0 Å². The molecule has 0 bridgehead atoms. The van der Waals surface area contributed by atoms with Crippen molar-refractivity contribution in [2.24, 2.45) is 11.8 Å². The highest BCUT2D eigenvalue weighted by Crippen LogP contribution is 2.30. The van der Waals surface area contributed by atoms with E-state index in [1.807, 2.05) is 0 Å². The van der Waals surface area contributed by atoms with Crippen molar-refractivity contribution < 1.29 is 28.7 Å². The summed E-state index contributed by atoms with van der Waals surface area (Å²) in [5, 5.41) is 0. The maximum atomic E-state index is 11.3. The van der Waals surface area contributed by atoms with Crippen LogP contribution in [-0.4, -0.2) is 36.7 Å². The zero-order valence-corrected chi connectivity index (χ0v) is 10.6. The third-order valence-corrected chi connectivity index (χ3v) is 3.10.